The van der Waals surface area contributed by atoms with Crippen molar-refractivity contribution in [3.63, 3.8) is 0 Å². The van der Waals surface area contributed by atoms with Crippen LogP contribution in [-0.2, 0) is 9.59 Å². The lowest BCUT2D eigenvalue weighted by Crippen LogP contribution is -2.42. The van der Waals surface area contributed by atoms with E-state index in [1.54, 1.807) is 0 Å². The van der Waals surface area contributed by atoms with Gasteiger partial charge < -0.3 is 15.7 Å². The van der Waals surface area contributed by atoms with Gasteiger partial charge in [-0.25, -0.2) is 8.78 Å². The van der Waals surface area contributed by atoms with Gasteiger partial charge in [-0.3, -0.25) is 9.59 Å². The third kappa shape index (κ3) is 4.11. The number of halogens is 4. The quantitative estimate of drug-likeness (QED) is 0.526. The predicted octanol–water partition coefficient (Wildman–Crippen LogP) is 4.97. The summed E-state index contributed by atoms with van der Waals surface area (Å²) in [6, 6.07) is 0.0331. The van der Waals surface area contributed by atoms with Gasteiger partial charge in [-0.2, -0.15) is 0 Å². The van der Waals surface area contributed by atoms with Crippen molar-refractivity contribution in [1.29, 1.82) is 0 Å². The summed E-state index contributed by atoms with van der Waals surface area (Å²) in [7, 11) is 0. The molecule has 0 saturated heterocycles. The number of fused-ring (bicyclic) bond motifs is 2. The van der Waals surface area contributed by atoms with Crippen LogP contribution in [0.4, 0.5) is 8.78 Å². The zero-order valence-electron chi connectivity index (χ0n) is 17.2. The molecule has 1 aromatic carbocycles. The van der Waals surface area contributed by atoms with Crippen LogP contribution in [0.2, 0.25) is 10.0 Å². The molecule has 1 aromatic rings. The fraction of sp³-hybridized carbons (Fsp3) is 0.636. The molecule has 3 aliphatic carbocycles. The lowest BCUT2D eigenvalue weighted by Gasteiger charge is -2.38. The van der Waals surface area contributed by atoms with Gasteiger partial charge in [0.05, 0.1) is 16.1 Å². The molecule has 4 rings (SSSR count). The van der Waals surface area contributed by atoms with Gasteiger partial charge in [-0.1, -0.05) is 23.2 Å². The molecule has 0 radical (unpaired) electrons. The number of amides is 2. The number of alkyl halides is 1. The first kappa shape index (κ1) is 22.6. The number of hydrogen-bond donors (Lipinski definition) is 3. The van der Waals surface area contributed by atoms with E-state index in [9.17, 15) is 14.7 Å². The summed E-state index contributed by atoms with van der Waals surface area (Å²) < 4.78 is 30.1. The molecule has 3 aliphatic rings. The number of phenolic OH excluding ortho intramolecular Hbond substituents is 1. The standard InChI is InChI=1S/C22H26Cl2F2N2O3/c1-11(29)27-13-3-2-12(8-13)20(31)28-19(21-4-6-22(26,10-21)7-5-21)16-17(24)14(23)9-15(30)18(16)25/h9,12-13,19,30H,2-8,10H2,1H3,(H,27,29)(H,28,31)/t12-,13-,19-,21?,22?/m1/s1. The summed E-state index contributed by atoms with van der Waals surface area (Å²) in [6.07, 6.45) is 3.60. The molecule has 5 nitrogen and oxygen atoms in total. The molecule has 0 unspecified atom stereocenters. The average molecular weight is 475 g/mol. The van der Waals surface area contributed by atoms with Crippen LogP contribution in [0.15, 0.2) is 6.07 Å². The van der Waals surface area contributed by atoms with E-state index >= 15 is 8.78 Å². The Labute approximate surface area is 189 Å². The Bertz CT molecular complexity index is 892. The van der Waals surface area contributed by atoms with Gasteiger partial charge in [0.2, 0.25) is 11.8 Å². The van der Waals surface area contributed by atoms with Gasteiger partial charge in [0.1, 0.15) is 5.67 Å². The minimum absolute atomic E-state index is 0.0275. The third-order valence-electron chi connectivity index (χ3n) is 7.38. The Balaban J connectivity index is 1.66. The van der Waals surface area contributed by atoms with Crippen LogP contribution in [0.5, 0.6) is 5.75 Å². The molecule has 3 N–H and O–H groups in total. The number of hydrogen-bond acceptors (Lipinski definition) is 3. The van der Waals surface area contributed by atoms with Crippen molar-refractivity contribution < 1.29 is 23.5 Å². The van der Waals surface area contributed by atoms with Gasteiger partial charge in [0.15, 0.2) is 11.6 Å². The van der Waals surface area contributed by atoms with Crippen molar-refractivity contribution >= 4 is 35.0 Å². The van der Waals surface area contributed by atoms with E-state index in [0.717, 1.165) is 6.07 Å². The molecule has 170 valence electrons. The third-order valence-corrected chi connectivity index (χ3v) is 8.18. The summed E-state index contributed by atoms with van der Waals surface area (Å²) in [5.41, 5.74) is -2.10. The van der Waals surface area contributed by atoms with Crippen molar-refractivity contribution in [3.8, 4) is 5.75 Å². The van der Waals surface area contributed by atoms with Crippen molar-refractivity contribution in [2.45, 2.75) is 76.0 Å². The number of nitrogens with one attached hydrogen (secondary N) is 2. The van der Waals surface area contributed by atoms with Gasteiger partial charge in [0.25, 0.3) is 0 Å². The van der Waals surface area contributed by atoms with E-state index in [0.29, 0.717) is 44.9 Å². The number of rotatable bonds is 5. The molecule has 2 bridgehead atoms. The van der Waals surface area contributed by atoms with Gasteiger partial charge in [-0.05, 0) is 56.8 Å². The van der Waals surface area contributed by atoms with Crippen LogP contribution >= 0.6 is 23.2 Å². The Kier molecular flexibility index (Phi) is 5.88. The smallest absolute Gasteiger partial charge is 0.223 e. The predicted molar refractivity (Wildman–Crippen MR) is 113 cm³/mol. The van der Waals surface area contributed by atoms with Crippen LogP contribution in [0, 0.1) is 17.2 Å². The first-order valence-electron chi connectivity index (χ1n) is 10.7. The Hall–Kier alpha value is -1.60. The van der Waals surface area contributed by atoms with Crippen molar-refractivity contribution in [2.24, 2.45) is 11.3 Å². The summed E-state index contributed by atoms with van der Waals surface area (Å²) in [5, 5.41) is 15.7. The maximum atomic E-state index is 15.1. The molecule has 3 fully saturated rings. The van der Waals surface area contributed by atoms with Crippen molar-refractivity contribution in [2.75, 3.05) is 0 Å². The van der Waals surface area contributed by atoms with Crippen LogP contribution in [0.25, 0.3) is 0 Å². The zero-order chi connectivity index (χ0) is 22.6. The SMILES string of the molecule is CC(=O)N[C@@H]1CC[C@@H](C(=O)N[C@H](c2c(F)c(O)cc(Cl)c2Cl)C23CCC(F)(CC2)C3)C1. The molecule has 0 heterocycles. The van der Waals surface area contributed by atoms with Gasteiger partial charge in [0, 0.05) is 30.5 Å². The fourth-order valence-corrected chi connectivity index (χ4v) is 6.32. The zero-order valence-corrected chi connectivity index (χ0v) is 18.8. The minimum Gasteiger partial charge on any atom is -0.505 e. The molecule has 2 amide bonds. The minimum atomic E-state index is -1.32. The molecule has 3 atom stereocenters. The molecule has 0 aromatic heterocycles. The lowest BCUT2D eigenvalue weighted by atomic mass is 9.74. The maximum absolute atomic E-state index is 15.1. The van der Waals surface area contributed by atoms with E-state index < -0.39 is 28.7 Å². The number of phenols is 1. The van der Waals surface area contributed by atoms with E-state index in [4.69, 9.17) is 23.2 Å². The maximum Gasteiger partial charge on any atom is 0.223 e. The van der Waals surface area contributed by atoms with Gasteiger partial charge >= 0.3 is 0 Å². The molecule has 31 heavy (non-hydrogen) atoms. The summed E-state index contributed by atoms with van der Waals surface area (Å²) in [5.74, 6) is -2.40. The van der Waals surface area contributed by atoms with Crippen molar-refractivity contribution in [1.82, 2.24) is 10.6 Å². The number of carbonyl (C=O) groups is 2. The molecule has 9 heteroatoms. The van der Waals surface area contributed by atoms with Crippen LogP contribution in [0.1, 0.15) is 69.9 Å². The molecule has 0 spiro atoms. The van der Waals surface area contributed by atoms with Crippen molar-refractivity contribution in [3.05, 3.63) is 27.5 Å². The fourth-order valence-electron chi connectivity index (χ4n) is 5.86. The van der Waals surface area contributed by atoms with E-state index in [1.807, 2.05) is 0 Å². The Morgan fingerprint density at radius 2 is 1.90 bits per heavy atom. The monoisotopic (exact) mass is 474 g/mol. The van der Waals surface area contributed by atoms with Crippen LogP contribution < -0.4 is 10.6 Å². The van der Waals surface area contributed by atoms with Crippen LogP contribution in [0.3, 0.4) is 0 Å². The van der Waals surface area contributed by atoms with E-state index in [1.165, 1.54) is 6.92 Å². The normalized spacial score (nSPS) is 32.8. The molecule has 0 aliphatic heterocycles. The second-order valence-electron chi connectivity index (χ2n) is 9.46. The second-order valence-corrected chi connectivity index (χ2v) is 10.2. The highest BCUT2D eigenvalue weighted by Gasteiger charge is 2.59. The van der Waals surface area contributed by atoms with E-state index in [2.05, 4.69) is 10.6 Å². The number of benzene rings is 1. The van der Waals surface area contributed by atoms with Gasteiger partial charge in [-0.15, -0.1) is 0 Å². The highest BCUT2D eigenvalue weighted by Crippen LogP contribution is 2.64. The topological polar surface area (TPSA) is 78.4 Å². The van der Waals surface area contributed by atoms with Crippen LogP contribution in [-0.4, -0.2) is 28.6 Å². The number of carbonyl (C=O) groups excluding carboxylic acids is 2. The first-order chi connectivity index (χ1) is 14.5. The highest BCUT2D eigenvalue weighted by molar-refractivity contribution is 6.42. The van der Waals surface area contributed by atoms with E-state index in [-0.39, 0.29) is 45.8 Å². The second kappa shape index (κ2) is 8.07. The molecule has 3 saturated carbocycles. The summed E-state index contributed by atoms with van der Waals surface area (Å²) in [6.45, 7) is 1.43. The Morgan fingerprint density at radius 1 is 1.23 bits per heavy atom. The average Bonchev–Trinajstić information content (AvgIpc) is 3.38. The summed E-state index contributed by atoms with van der Waals surface area (Å²) in [4.78, 5) is 24.5. The highest BCUT2D eigenvalue weighted by atomic mass is 35.5. The largest absolute Gasteiger partial charge is 0.505 e. The number of aromatic hydroxyl groups is 1. The lowest BCUT2D eigenvalue weighted by molar-refractivity contribution is -0.127. The summed E-state index contributed by atoms with van der Waals surface area (Å²) >= 11 is 12.5. The Morgan fingerprint density at radius 3 is 2.48 bits per heavy atom. The molecular weight excluding hydrogens is 449 g/mol. The first-order valence-corrected chi connectivity index (χ1v) is 11.4. The molecular formula is C22H26Cl2F2N2O3.